The van der Waals surface area contributed by atoms with Gasteiger partial charge in [-0.1, -0.05) is 6.42 Å². The van der Waals surface area contributed by atoms with Gasteiger partial charge in [0, 0.05) is 30.7 Å². The molecule has 21 heavy (non-hydrogen) atoms. The number of rotatable bonds is 6. The maximum Gasteiger partial charge on any atom is 0.237 e. The molecule has 0 radical (unpaired) electrons. The average molecular weight is 308 g/mol. The monoisotopic (exact) mass is 308 g/mol. The Balaban J connectivity index is 1.57. The van der Waals surface area contributed by atoms with Crippen LogP contribution in [0.5, 0.6) is 5.88 Å². The number of thiazole rings is 1. The Kier molecular flexibility index (Phi) is 4.77. The zero-order valence-corrected chi connectivity index (χ0v) is 13.7. The molecule has 116 valence electrons. The van der Waals surface area contributed by atoms with E-state index in [1.54, 1.807) is 18.4 Å². The number of methoxy groups -OCH3 is 1. The van der Waals surface area contributed by atoms with Crippen LogP contribution >= 0.6 is 11.3 Å². The molecule has 1 N–H and O–H groups in total. The van der Waals surface area contributed by atoms with Crippen molar-refractivity contribution in [3.8, 4) is 5.88 Å². The fourth-order valence-electron chi connectivity index (χ4n) is 3.02. The second-order valence-corrected chi connectivity index (χ2v) is 6.57. The first-order valence-corrected chi connectivity index (χ1v) is 8.60. The van der Waals surface area contributed by atoms with Gasteiger partial charge in [0.2, 0.25) is 5.88 Å². The van der Waals surface area contributed by atoms with Gasteiger partial charge in [-0.2, -0.15) is 4.98 Å². The first kappa shape index (κ1) is 14.8. The van der Waals surface area contributed by atoms with Crippen molar-refractivity contribution in [3.63, 3.8) is 0 Å². The summed E-state index contributed by atoms with van der Waals surface area (Å²) in [7, 11) is 1.69. The van der Waals surface area contributed by atoms with Crippen LogP contribution < -0.4 is 10.1 Å². The van der Waals surface area contributed by atoms with Gasteiger partial charge in [0.05, 0.1) is 7.11 Å². The van der Waals surface area contributed by atoms with Crippen molar-refractivity contribution in [2.45, 2.75) is 38.8 Å². The largest absolute Gasteiger partial charge is 0.480 e. The molecule has 0 aromatic carbocycles. The zero-order chi connectivity index (χ0) is 14.7. The molecule has 0 bridgehead atoms. The number of hydrogen-bond donors (Lipinski definition) is 1. The Hall–Kier alpha value is -1.11. The van der Waals surface area contributed by atoms with Crippen LogP contribution in [0.3, 0.4) is 0 Å². The molecule has 3 heterocycles. The van der Waals surface area contributed by atoms with Crippen LogP contribution in [0.15, 0.2) is 11.6 Å². The fraction of sp³-hybridized carbons (Fsp3) is 0.667. The fourth-order valence-corrected chi connectivity index (χ4v) is 3.75. The summed E-state index contributed by atoms with van der Waals surface area (Å²) in [4.78, 5) is 8.07. The molecule has 0 amide bonds. The molecule has 1 atom stereocenters. The number of nitrogens with one attached hydrogen (secondary N) is 1. The van der Waals surface area contributed by atoms with Gasteiger partial charge in [-0.25, -0.2) is 0 Å². The lowest BCUT2D eigenvalue weighted by Gasteiger charge is -2.32. The molecule has 5 nitrogen and oxygen atoms in total. The van der Waals surface area contributed by atoms with E-state index in [0.29, 0.717) is 6.04 Å². The first-order valence-electron chi connectivity index (χ1n) is 7.73. The number of hydrogen-bond acceptors (Lipinski definition) is 5. The third-order valence-electron chi connectivity index (χ3n) is 4.26. The van der Waals surface area contributed by atoms with Crippen molar-refractivity contribution in [1.82, 2.24) is 19.6 Å². The van der Waals surface area contributed by atoms with Crippen LogP contribution in [0.25, 0.3) is 4.96 Å². The number of fused-ring (bicyclic) bond motifs is 1. The van der Waals surface area contributed by atoms with E-state index < -0.39 is 0 Å². The minimum atomic E-state index is 0.585. The van der Waals surface area contributed by atoms with E-state index in [1.165, 1.54) is 32.4 Å². The van der Waals surface area contributed by atoms with Crippen molar-refractivity contribution in [1.29, 1.82) is 0 Å². The van der Waals surface area contributed by atoms with Crippen LogP contribution in [0.4, 0.5) is 0 Å². The second kappa shape index (κ2) is 6.77. The van der Waals surface area contributed by atoms with E-state index in [4.69, 9.17) is 4.74 Å². The van der Waals surface area contributed by atoms with Crippen molar-refractivity contribution in [2.75, 3.05) is 26.7 Å². The third-order valence-corrected chi connectivity index (χ3v) is 5.02. The second-order valence-electron chi connectivity index (χ2n) is 5.70. The number of likely N-dealkylation sites (tertiary alicyclic amines) is 1. The minimum absolute atomic E-state index is 0.585. The number of piperidine rings is 1. The van der Waals surface area contributed by atoms with E-state index in [2.05, 4.69) is 38.1 Å². The van der Waals surface area contributed by atoms with Gasteiger partial charge < -0.3 is 10.1 Å². The molecular weight excluding hydrogens is 284 g/mol. The van der Waals surface area contributed by atoms with Gasteiger partial charge in [0.1, 0.15) is 5.69 Å². The van der Waals surface area contributed by atoms with Crippen molar-refractivity contribution < 1.29 is 4.74 Å². The molecule has 1 unspecified atom stereocenters. The van der Waals surface area contributed by atoms with Crippen molar-refractivity contribution in [3.05, 3.63) is 17.3 Å². The number of nitrogens with zero attached hydrogens (tertiary/aromatic N) is 3. The molecule has 1 saturated heterocycles. The highest BCUT2D eigenvalue weighted by atomic mass is 32.1. The smallest absolute Gasteiger partial charge is 0.237 e. The Morgan fingerprint density at radius 1 is 1.38 bits per heavy atom. The van der Waals surface area contributed by atoms with Gasteiger partial charge in [-0.3, -0.25) is 9.30 Å². The quantitative estimate of drug-likeness (QED) is 0.889. The maximum absolute atomic E-state index is 5.39. The SMILES string of the molecule is COc1nc2sccn2c1CNCC(C)N1CCCCC1. The lowest BCUT2D eigenvalue weighted by Crippen LogP contribution is -2.43. The first-order chi connectivity index (χ1) is 10.3. The summed E-state index contributed by atoms with van der Waals surface area (Å²) in [6, 6.07) is 0.585. The summed E-state index contributed by atoms with van der Waals surface area (Å²) < 4.78 is 7.50. The summed E-state index contributed by atoms with van der Waals surface area (Å²) in [5.74, 6) is 0.736. The predicted octanol–water partition coefficient (Wildman–Crippen LogP) is 2.37. The Labute approximate surface area is 129 Å². The van der Waals surface area contributed by atoms with E-state index in [1.807, 2.05) is 0 Å². The number of aromatic nitrogens is 2. The van der Waals surface area contributed by atoms with Crippen LogP contribution in [-0.2, 0) is 6.54 Å². The Morgan fingerprint density at radius 2 is 2.19 bits per heavy atom. The lowest BCUT2D eigenvalue weighted by molar-refractivity contribution is 0.170. The predicted molar refractivity (Wildman–Crippen MR) is 86.2 cm³/mol. The molecule has 3 rings (SSSR count). The third kappa shape index (κ3) is 3.22. The highest BCUT2D eigenvalue weighted by Crippen LogP contribution is 2.22. The van der Waals surface area contributed by atoms with Gasteiger partial charge in [-0.15, -0.1) is 11.3 Å². The van der Waals surface area contributed by atoms with Crippen LogP contribution in [0.2, 0.25) is 0 Å². The zero-order valence-electron chi connectivity index (χ0n) is 12.8. The van der Waals surface area contributed by atoms with Crippen molar-refractivity contribution >= 4 is 16.3 Å². The molecule has 1 fully saturated rings. The molecule has 6 heteroatoms. The summed E-state index contributed by atoms with van der Waals surface area (Å²) >= 11 is 1.64. The highest BCUT2D eigenvalue weighted by Gasteiger charge is 2.17. The Bertz CT molecular complexity index is 573. The van der Waals surface area contributed by atoms with E-state index >= 15 is 0 Å². The molecule has 0 aliphatic carbocycles. The van der Waals surface area contributed by atoms with Crippen LogP contribution in [-0.4, -0.2) is 47.1 Å². The van der Waals surface area contributed by atoms with Gasteiger partial charge >= 0.3 is 0 Å². The molecular formula is C15H24N4OS. The van der Waals surface area contributed by atoms with E-state index in [9.17, 15) is 0 Å². The highest BCUT2D eigenvalue weighted by molar-refractivity contribution is 7.15. The van der Waals surface area contributed by atoms with Crippen LogP contribution in [0, 0.1) is 0 Å². The van der Waals surface area contributed by atoms with Gasteiger partial charge in [0.15, 0.2) is 4.96 Å². The molecule has 0 spiro atoms. The summed E-state index contributed by atoms with van der Waals surface area (Å²) in [6.45, 7) is 6.59. The minimum Gasteiger partial charge on any atom is -0.480 e. The lowest BCUT2D eigenvalue weighted by atomic mass is 10.1. The van der Waals surface area contributed by atoms with E-state index in [0.717, 1.165) is 29.6 Å². The average Bonchev–Trinajstić information content (AvgIpc) is 3.09. The number of imidazole rings is 1. The summed E-state index contributed by atoms with van der Waals surface area (Å²) in [5.41, 5.74) is 1.11. The summed E-state index contributed by atoms with van der Waals surface area (Å²) in [5, 5.41) is 5.62. The van der Waals surface area contributed by atoms with Crippen LogP contribution in [0.1, 0.15) is 31.9 Å². The van der Waals surface area contributed by atoms with Crippen molar-refractivity contribution in [2.24, 2.45) is 0 Å². The molecule has 1 aliphatic heterocycles. The van der Waals surface area contributed by atoms with Gasteiger partial charge in [0.25, 0.3) is 0 Å². The molecule has 1 aliphatic rings. The standard InChI is InChI=1S/C15H24N4OS/c1-12(18-6-4-3-5-7-18)10-16-11-13-14(20-2)17-15-19(13)8-9-21-15/h8-9,12,16H,3-7,10-11H2,1-2H3. The normalized spacial score (nSPS) is 18.2. The van der Waals surface area contributed by atoms with E-state index in [-0.39, 0.29) is 0 Å². The van der Waals surface area contributed by atoms with Gasteiger partial charge in [-0.05, 0) is 32.9 Å². The topological polar surface area (TPSA) is 41.8 Å². The molecule has 2 aromatic heterocycles. The molecule has 2 aromatic rings. The Morgan fingerprint density at radius 3 is 2.95 bits per heavy atom. The molecule has 0 saturated carbocycles. The summed E-state index contributed by atoms with van der Waals surface area (Å²) in [6.07, 6.45) is 6.13. The maximum atomic E-state index is 5.39. The number of ether oxygens (including phenoxy) is 1.